The van der Waals surface area contributed by atoms with E-state index < -0.39 is 0 Å². The average molecular weight is 458 g/mol. The maximum Gasteiger partial charge on any atom is 0.411 e. The second-order valence-electron chi connectivity index (χ2n) is 8.26. The van der Waals surface area contributed by atoms with E-state index in [2.05, 4.69) is 15.0 Å². The van der Waals surface area contributed by atoms with Crippen LogP contribution in [0.5, 0.6) is 0 Å². The Morgan fingerprint density at radius 2 is 1.88 bits per heavy atom. The number of nitrogens with two attached hydrogens (primary N) is 1. The van der Waals surface area contributed by atoms with Crippen LogP contribution in [0.3, 0.4) is 0 Å². The number of aliphatic hydroxyl groups excluding tert-OH is 1. The van der Waals surface area contributed by atoms with Gasteiger partial charge in [-0.1, -0.05) is 30.3 Å². The van der Waals surface area contributed by atoms with Crippen molar-refractivity contribution >= 4 is 11.6 Å². The summed E-state index contributed by atoms with van der Waals surface area (Å²) in [5.41, 5.74) is 12.4. The van der Waals surface area contributed by atoms with Crippen LogP contribution in [0.2, 0.25) is 0 Å². The predicted molar refractivity (Wildman–Crippen MR) is 127 cm³/mol. The van der Waals surface area contributed by atoms with Gasteiger partial charge in [0.1, 0.15) is 5.69 Å². The molecular formula is C24H25N8O2+. The van der Waals surface area contributed by atoms with E-state index in [1.54, 1.807) is 12.4 Å². The number of aromatic nitrogens is 7. The van der Waals surface area contributed by atoms with Crippen molar-refractivity contribution in [3.63, 3.8) is 0 Å². The number of nitrogen functional groups attached to an aromatic ring is 1. The number of pyridine rings is 1. The fourth-order valence-corrected chi connectivity index (χ4v) is 4.25. The summed E-state index contributed by atoms with van der Waals surface area (Å²) in [5.74, 6) is 0.170. The summed E-state index contributed by atoms with van der Waals surface area (Å²) in [4.78, 5) is 25.3. The molecule has 0 spiro atoms. The molecule has 4 heterocycles. The highest BCUT2D eigenvalue weighted by atomic mass is 16.3. The van der Waals surface area contributed by atoms with Gasteiger partial charge in [-0.3, -0.25) is 10.7 Å². The van der Waals surface area contributed by atoms with Crippen LogP contribution in [0.15, 0.2) is 53.6 Å². The zero-order valence-electron chi connectivity index (χ0n) is 19.1. The highest BCUT2D eigenvalue weighted by molar-refractivity contribution is 5.88. The van der Waals surface area contributed by atoms with Crippen molar-refractivity contribution in [1.82, 2.24) is 28.7 Å². The van der Waals surface area contributed by atoms with Crippen LogP contribution >= 0.6 is 0 Å². The van der Waals surface area contributed by atoms with E-state index >= 15 is 0 Å². The van der Waals surface area contributed by atoms with Gasteiger partial charge >= 0.3 is 11.6 Å². The first-order valence-electron chi connectivity index (χ1n) is 10.8. The minimum absolute atomic E-state index is 0.170. The molecule has 0 unspecified atom stereocenters. The topological polar surface area (TPSA) is 130 Å². The van der Waals surface area contributed by atoms with Gasteiger partial charge in [-0.25, -0.2) is 14.8 Å². The Labute approximate surface area is 195 Å². The van der Waals surface area contributed by atoms with Crippen molar-refractivity contribution in [1.29, 1.82) is 0 Å². The van der Waals surface area contributed by atoms with Gasteiger partial charge in [0.15, 0.2) is 0 Å². The molecular weight excluding hydrogens is 432 g/mol. The quantitative estimate of drug-likeness (QED) is 0.411. The van der Waals surface area contributed by atoms with Crippen molar-refractivity contribution in [3.05, 3.63) is 82.1 Å². The minimum atomic E-state index is -0.363. The largest absolute Gasteiger partial charge is 0.411 e. The van der Waals surface area contributed by atoms with Crippen molar-refractivity contribution in [2.75, 3.05) is 5.73 Å². The zero-order valence-corrected chi connectivity index (χ0v) is 19.1. The summed E-state index contributed by atoms with van der Waals surface area (Å²) in [5, 5.41) is 14.5. The van der Waals surface area contributed by atoms with Gasteiger partial charge < -0.3 is 9.67 Å². The first kappa shape index (κ1) is 21.5. The highest BCUT2D eigenvalue weighted by Crippen LogP contribution is 2.33. The number of benzene rings is 1. The van der Waals surface area contributed by atoms with Gasteiger partial charge in [0.2, 0.25) is 5.65 Å². The van der Waals surface area contributed by atoms with Gasteiger partial charge in [-0.2, -0.15) is 4.68 Å². The number of anilines is 1. The molecule has 10 heteroatoms. The Balaban J connectivity index is 1.84. The zero-order chi connectivity index (χ0) is 24.0. The molecule has 4 aromatic heterocycles. The first-order valence-corrected chi connectivity index (χ1v) is 10.8. The lowest BCUT2D eigenvalue weighted by Crippen LogP contribution is -2.28. The smallest absolute Gasteiger partial charge is 0.390 e. The van der Waals surface area contributed by atoms with E-state index in [4.69, 9.17) is 10.8 Å². The van der Waals surface area contributed by atoms with Crippen molar-refractivity contribution < 1.29 is 10.1 Å². The lowest BCUT2D eigenvalue weighted by molar-refractivity contribution is -0.351. The number of fused-ring (bicyclic) bond motifs is 1. The standard InChI is InChI=1S/C24H24N8O2/c1-14-9-17(10-18(12-33)27-14)20-21(16-7-5-4-6-8-16)28-23(25)32-22(20)29-31(24(32)34)11-19-15(2)26-13-30(19)3/h4-10,13,33H,11-12H2,1-3H3,(H2,25,28)/p+1. The molecule has 0 bridgehead atoms. The predicted octanol–water partition coefficient (Wildman–Crippen LogP) is 1.51. The monoisotopic (exact) mass is 457 g/mol. The van der Waals surface area contributed by atoms with Crippen LogP contribution < -0.4 is 16.4 Å². The molecule has 0 aliphatic carbocycles. The Hall–Kier alpha value is -4.31. The van der Waals surface area contributed by atoms with E-state index in [0.29, 0.717) is 22.6 Å². The molecule has 0 radical (unpaired) electrons. The summed E-state index contributed by atoms with van der Waals surface area (Å²) in [7, 11) is 1.88. The molecule has 5 rings (SSSR count). The maximum atomic E-state index is 13.4. The third-order valence-corrected chi connectivity index (χ3v) is 5.89. The second-order valence-corrected chi connectivity index (χ2v) is 8.26. The van der Waals surface area contributed by atoms with E-state index in [1.807, 2.05) is 61.9 Å². The lowest BCUT2D eigenvalue weighted by atomic mass is 9.99. The second kappa shape index (κ2) is 8.23. The van der Waals surface area contributed by atoms with Gasteiger partial charge in [-0.15, -0.1) is 9.50 Å². The molecule has 0 atom stereocenters. The Kier molecular flexibility index (Phi) is 5.21. The number of rotatable bonds is 5. The number of imidazole rings is 1. The SMILES string of the molecule is Cc1cc(-c2c(-c3ccccc3)[nH+]c(N)n3c(=O)n(Cc4c(C)ncn4C)nc23)cc(CO)n1. The lowest BCUT2D eigenvalue weighted by Gasteiger charge is -2.10. The minimum Gasteiger partial charge on any atom is -0.390 e. The van der Waals surface area contributed by atoms with Crippen LogP contribution in [0.4, 0.5) is 5.95 Å². The Morgan fingerprint density at radius 1 is 1.12 bits per heavy atom. The molecule has 4 N–H and O–H groups in total. The molecule has 5 aromatic rings. The van der Waals surface area contributed by atoms with E-state index in [9.17, 15) is 9.90 Å². The highest BCUT2D eigenvalue weighted by Gasteiger charge is 2.26. The number of aliphatic hydroxyl groups is 1. The van der Waals surface area contributed by atoms with Gasteiger partial charge in [-0.05, 0) is 31.5 Å². The molecule has 10 nitrogen and oxygen atoms in total. The van der Waals surface area contributed by atoms with Crippen molar-refractivity contribution in [2.45, 2.75) is 27.0 Å². The van der Waals surface area contributed by atoms with Gasteiger partial charge in [0.05, 0.1) is 42.1 Å². The number of aromatic amines is 1. The molecule has 0 fully saturated rings. The number of nitrogens with one attached hydrogen (secondary N) is 1. The van der Waals surface area contributed by atoms with Crippen LogP contribution in [0, 0.1) is 13.8 Å². The maximum absolute atomic E-state index is 13.4. The Bertz CT molecular complexity index is 1560. The van der Waals surface area contributed by atoms with Crippen LogP contribution in [0.25, 0.3) is 28.0 Å². The van der Waals surface area contributed by atoms with Crippen LogP contribution in [-0.4, -0.2) is 33.8 Å². The summed E-state index contributed by atoms with van der Waals surface area (Å²) in [6, 6.07) is 13.4. The summed E-state index contributed by atoms with van der Waals surface area (Å²) < 4.78 is 4.64. The van der Waals surface area contributed by atoms with Crippen LogP contribution in [0.1, 0.15) is 22.8 Å². The molecule has 0 aliphatic rings. The first-order chi connectivity index (χ1) is 16.4. The number of hydrogen-bond acceptors (Lipinski definition) is 6. The van der Waals surface area contributed by atoms with E-state index in [0.717, 1.165) is 28.2 Å². The molecule has 1 aromatic carbocycles. The molecule has 0 aliphatic heterocycles. The summed E-state index contributed by atoms with van der Waals surface area (Å²) in [6.07, 6.45) is 1.71. The molecule has 172 valence electrons. The van der Waals surface area contributed by atoms with Crippen LogP contribution in [-0.2, 0) is 20.2 Å². The molecule has 0 saturated carbocycles. The summed E-state index contributed by atoms with van der Waals surface area (Å²) >= 11 is 0. The molecule has 0 amide bonds. The molecule has 34 heavy (non-hydrogen) atoms. The number of nitrogens with zero attached hydrogens (tertiary/aromatic N) is 6. The average Bonchev–Trinajstić information content (AvgIpc) is 3.33. The fraction of sp³-hybridized carbons (Fsp3) is 0.208. The van der Waals surface area contributed by atoms with Gasteiger partial charge in [0.25, 0.3) is 0 Å². The number of hydrogen-bond donors (Lipinski definition) is 2. The van der Waals surface area contributed by atoms with E-state index in [-0.39, 0.29) is 24.8 Å². The van der Waals surface area contributed by atoms with Crippen molar-refractivity contribution in [2.24, 2.45) is 7.05 Å². The number of aryl methyl sites for hydroxylation is 3. The third kappa shape index (κ3) is 3.54. The number of H-pyrrole nitrogens is 1. The Morgan fingerprint density at radius 3 is 2.56 bits per heavy atom. The third-order valence-electron chi connectivity index (χ3n) is 5.89. The van der Waals surface area contributed by atoms with Gasteiger partial charge in [0, 0.05) is 18.3 Å². The summed E-state index contributed by atoms with van der Waals surface area (Å²) in [6.45, 7) is 3.80. The van der Waals surface area contributed by atoms with E-state index in [1.165, 1.54) is 9.08 Å². The normalized spacial score (nSPS) is 11.4. The van der Waals surface area contributed by atoms with Crippen molar-refractivity contribution in [3.8, 4) is 22.4 Å². The molecule has 0 saturated heterocycles. The fourth-order valence-electron chi connectivity index (χ4n) is 4.25.